The number of H-pyrrole nitrogens is 1. The Bertz CT molecular complexity index is 790. The Morgan fingerprint density at radius 3 is 2.81 bits per heavy atom. The number of halogens is 2. The largest absolute Gasteiger partial charge is 0.361 e. The van der Waals surface area contributed by atoms with Crippen LogP contribution < -0.4 is 5.32 Å². The number of aromatic amines is 1. The van der Waals surface area contributed by atoms with Crippen LogP contribution >= 0.6 is 0 Å². The van der Waals surface area contributed by atoms with Crippen LogP contribution in [0.15, 0.2) is 36.7 Å². The molecule has 3 aromatic rings. The lowest BCUT2D eigenvalue weighted by Gasteiger charge is -2.11. The van der Waals surface area contributed by atoms with E-state index < -0.39 is 5.92 Å². The molecule has 6 heteroatoms. The summed E-state index contributed by atoms with van der Waals surface area (Å²) in [6, 6.07) is 6.91. The standard InChI is InChI=1S/C15H14F2N4/c1-9-8-19-12-4-3-10(7-11(9)12)20-14-18-6-5-13(21-14)15(2,16)17/h3-8,19H,1-2H3,(H,18,20,21). The number of benzene rings is 1. The molecule has 0 spiro atoms. The van der Waals surface area contributed by atoms with Gasteiger partial charge < -0.3 is 10.3 Å². The molecule has 0 aliphatic carbocycles. The van der Waals surface area contributed by atoms with Crippen LogP contribution in [0.1, 0.15) is 18.2 Å². The van der Waals surface area contributed by atoms with Gasteiger partial charge in [-0.25, -0.2) is 9.97 Å². The molecule has 4 nitrogen and oxygen atoms in total. The fourth-order valence-electron chi connectivity index (χ4n) is 2.13. The third-order valence-electron chi connectivity index (χ3n) is 3.25. The van der Waals surface area contributed by atoms with E-state index in [4.69, 9.17) is 0 Å². The molecule has 2 aromatic heterocycles. The van der Waals surface area contributed by atoms with Crippen LogP contribution in [0.2, 0.25) is 0 Å². The molecule has 0 saturated heterocycles. The molecule has 3 rings (SSSR count). The highest BCUT2D eigenvalue weighted by Gasteiger charge is 2.26. The number of aryl methyl sites for hydroxylation is 1. The summed E-state index contributed by atoms with van der Waals surface area (Å²) in [5.74, 6) is -2.83. The fraction of sp³-hybridized carbons (Fsp3) is 0.200. The lowest BCUT2D eigenvalue weighted by atomic mass is 10.2. The molecule has 0 radical (unpaired) electrons. The van der Waals surface area contributed by atoms with Gasteiger partial charge in [0.1, 0.15) is 5.69 Å². The maximum Gasteiger partial charge on any atom is 0.287 e. The summed E-state index contributed by atoms with van der Waals surface area (Å²) in [4.78, 5) is 11.0. The number of nitrogens with one attached hydrogen (secondary N) is 2. The monoisotopic (exact) mass is 288 g/mol. The Balaban J connectivity index is 1.93. The quantitative estimate of drug-likeness (QED) is 0.762. The molecule has 0 bridgehead atoms. The van der Waals surface area contributed by atoms with Gasteiger partial charge in [-0.15, -0.1) is 0 Å². The summed E-state index contributed by atoms with van der Waals surface area (Å²) in [6.45, 7) is 2.81. The lowest BCUT2D eigenvalue weighted by Crippen LogP contribution is -2.11. The molecule has 0 saturated carbocycles. The number of hydrogen-bond donors (Lipinski definition) is 2. The third-order valence-corrected chi connectivity index (χ3v) is 3.25. The summed E-state index contributed by atoms with van der Waals surface area (Å²) in [5.41, 5.74) is 2.58. The van der Waals surface area contributed by atoms with E-state index in [0.717, 1.165) is 29.1 Å². The molecule has 0 unspecified atom stereocenters. The average molecular weight is 288 g/mol. The Labute approximate surface area is 120 Å². The van der Waals surface area contributed by atoms with Crippen LogP contribution in [0.4, 0.5) is 20.4 Å². The zero-order valence-corrected chi connectivity index (χ0v) is 11.6. The van der Waals surface area contributed by atoms with Crippen LogP contribution in [0.5, 0.6) is 0 Å². The average Bonchev–Trinajstić information content (AvgIpc) is 2.80. The normalized spacial score (nSPS) is 11.8. The molecule has 0 amide bonds. The highest BCUT2D eigenvalue weighted by molar-refractivity contribution is 5.86. The van der Waals surface area contributed by atoms with Crippen LogP contribution in [-0.4, -0.2) is 15.0 Å². The van der Waals surface area contributed by atoms with Gasteiger partial charge in [-0.3, -0.25) is 0 Å². The third kappa shape index (κ3) is 2.69. The number of fused-ring (bicyclic) bond motifs is 1. The van der Waals surface area contributed by atoms with E-state index in [1.165, 1.54) is 12.3 Å². The van der Waals surface area contributed by atoms with Crippen molar-refractivity contribution < 1.29 is 8.78 Å². The number of hydrogen-bond acceptors (Lipinski definition) is 3. The van der Waals surface area contributed by atoms with Crippen molar-refractivity contribution in [2.24, 2.45) is 0 Å². The second kappa shape index (κ2) is 4.80. The molecule has 2 N–H and O–H groups in total. The van der Waals surface area contributed by atoms with E-state index >= 15 is 0 Å². The fourth-order valence-corrected chi connectivity index (χ4v) is 2.13. The minimum absolute atomic E-state index is 0.154. The first-order valence-corrected chi connectivity index (χ1v) is 6.49. The van der Waals surface area contributed by atoms with Crippen molar-refractivity contribution in [2.75, 3.05) is 5.32 Å². The first kappa shape index (κ1) is 13.5. The summed E-state index contributed by atoms with van der Waals surface area (Å²) in [6.07, 6.45) is 3.24. The van der Waals surface area contributed by atoms with Gasteiger partial charge in [-0.2, -0.15) is 8.78 Å². The Morgan fingerprint density at radius 1 is 1.24 bits per heavy atom. The maximum absolute atomic E-state index is 13.3. The number of alkyl halides is 2. The van der Waals surface area contributed by atoms with Gasteiger partial charge in [0.25, 0.3) is 5.92 Å². The van der Waals surface area contributed by atoms with Crippen molar-refractivity contribution in [1.29, 1.82) is 0 Å². The summed E-state index contributed by atoms with van der Waals surface area (Å²) < 4.78 is 26.5. The van der Waals surface area contributed by atoms with E-state index in [0.29, 0.717) is 0 Å². The number of rotatable bonds is 3. The maximum atomic E-state index is 13.3. The zero-order valence-electron chi connectivity index (χ0n) is 11.6. The molecule has 0 atom stereocenters. The number of anilines is 2. The Morgan fingerprint density at radius 2 is 2.05 bits per heavy atom. The summed E-state index contributed by atoms with van der Waals surface area (Å²) >= 11 is 0. The minimum Gasteiger partial charge on any atom is -0.361 e. The summed E-state index contributed by atoms with van der Waals surface area (Å²) in [7, 11) is 0. The lowest BCUT2D eigenvalue weighted by molar-refractivity contribution is 0.0128. The van der Waals surface area contributed by atoms with Gasteiger partial charge in [0.2, 0.25) is 5.95 Å². The predicted molar refractivity (Wildman–Crippen MR) is 77.9 cm³/mol. The van der Waals surface area contributed by atoms with Crippen LogP contribution in [-0.2, 0) is 5.92 Å². The SMILES string of the molecule is Cc1c[nH]c2ccc(Nc3nccc(C(C)(F)F)n3)cc12. The van der Waals surface area contributed by atoms with Crippen LogP contribution in [0.3, 0.4) is 0 Å². The van der Waals surface area contributed by atoms with E-state index in [1.807, 2.05) is 31.3 Å². The first-order valence-electron chi connectivity index (χ1n) is 6.49. The Hall–Kier alpha value is -2.50. The summed E-state index contributed by atoms with van der Waals surface area (Å²) in [5, 5.41) is 4.02. The van der Waals surface area contributed by atoms with E-state index in [1.54, 1.807) is 0 Å². The predicted octanol–water partition coefficient (Wildman–Crippen LogP) is 4.12. The molecular formula is C15H14F2N4. The first-order chi connectivity index (χ1) is 9.93. The molecule has 1 aromatic carbocycles. The molecule has 2 heterocycles. The van der Waals surface area contributed by atoms with Gasteiger partial charge in [-0.1, -0.05) is 0 Å². The number of aromatic nitrogens is 3. The van der Waals surface area contributed by atoms with E-state index in [9.17, 15) is 8.78 Å². The van der Waals surface area contributed by atoms with Crippen molar-refractivity contribution in [3.8, 4) is 0 Å². The number of nitrogens with zero attached hydrogens (tertiary/aromatic N) is 2. The van der Waals surface area contributed by atoms with Crippen LogP contribution in [0.25, 0.3) is 10.9 Å². The van der Waals surface area contributed by atoms with Crippen molar-refractivity contribution >= 4 is 22.5 Å². The molecular weight excluding hydrogens is 274 g/mol. The van der Waals surface area contributed by atoms with Gasteiger partial charge >= 0.3 is 0 Å². The topological polar surface area (TPSA) is 53.6 Å². The van der Waals surface area contributed by atoms with Crippen molar-refractivity contribution in [3.05, 3.63) is 47.9 Å². The highest BCUT2D eigenvalue weighted by atomic mass is 19.3. The second-order valence-corrected chi connectivity index (χ2v) is 5.01. The van der Waals surface area contributed by atoms with E-state index in [2.05, 4.69) is 20.3 Å². The second-order valence-electron chi connectivity index (χ2n) is 5.01. The molecule has 0 fully saturated rings. The Kier molecular flexibility index (Phi) is 3.08. The smallest absolute Gasteiger partial charge is 0.287 e. The van der Waals surface area contributed by atoms with Crippen molar-refractivity contribution in [1.82, 2.24) is 15.0 Å². The van der Waals surface area contributed by atoms with E-state index in [-0.39, 0.29) is 11.6 Å². The molecule has 0 aliphatic heterocycles. The van der Waals surface area contributed by atoms with Crippen molar-refractivity contribution in [3.63, 3.8) is 0 Å². The van der Waals surface area contributed by atoms with Gasteiger partial charge in [0.05, 0.1) is 0 Å². The highest BCUT2D eigenvalue weighted by Crippen LogP contribution is 2.27. The van der Waals surface area contributed by atoms with Gasteiger partial charge in [0.15, 0.2) is 0 Å². The van der Waals surface area contributed by atoms with Crippen LogP contribution in [0, 0.1) is 6.92 Å². The minimum atomic E-state index is -2.99. The zero-order chi connectivity index (χ0) is 15.0. The van der Waals surface area contributed by atoms with Crippen molar-refractivity contribution in [2.45, 2.75) is 19.8 Å². The van der Waals surface area contributed by atoms with Gasteiger partial charge in [0, 0.05) is 35.9 Å². The molecule has 108 valence electrons. The van der Waals surface area contributed by atoms with Gasteiger partial charge in [-0.05, 0) is 36.8 Å². The molecule has 21 heavy (non-hydrogen) atoms. The molecule has 0 aliphatic rings.